The van der Waals surface area contributed by atoms with Crippen molar-refractivity contribution < 1.29 is 23.2 Å². The Labute approximate surface area is 177 Å². The van der Waals surface area contributed by atoms with Crippen molar-refractivity contribution in [2.24, 2.45) is 5.41 Å². The average molecular weight is 436 g/mol. The SMILES string of the molecule is COc1cccc(S(=O)(=O)N(CCCc2cccnc2)[C@@H](C(=O)NO)C(C)(C)C)c1. The van der Waals surface area contributed by atoms with Gasteiger partial charge in [-0.2, -0.15) is 4.31 Å². The number of aromatic nitrogens is 1. The fourth-order valence-electron chi connectivity index (χ4n) is 3.29. The molecule has 0 radical (unpaired) electrons. The molecule has 0 saturated carbocycles. The Bertz CT molecular complexity index is 943. The second-order valence-corrected chi connectivity index (χ2v) is 9.89. The van der Waals surface area contributed by atoms with Crippen molar-refractivity contribution in [3.63, 3.8) is 0 Å². The van der Waals surface area contributed by atoms with Crippen LogP contribution in [0.2, 0.25) is 0 Å². The summed E-state index contributed by atoms with van der Waals surface area (Å²) < 4.78 is 33.4. The van der Waals surface area contributed by atoms with Crippen molar-refractivity contribution in [2.75, 3.05) is 13.7 Å². The normalized spacial score (nSPS) is 13.1. The monoisotopic (exact) mass is 435 g/mol. The molecule has 1 aromatic heterocycles. The van der Waals surface area contributed by atoms with Crippen LogP contribution in [0.4, 0.5) is 0 Å². The maximum Gasteiger partial charge on any atom is 0.262 e. The van der Waals surface area contributed by atoms with Crippen molar-refractivity contribution in [3.05, 3.63) is 54.4 Å². The van der Waals surface area contributed by atoms with Gasteiger partial charge < -0.3 is 4.74 Å². The third-order valence-corrected chi connectivity index (χ3v) is 6.54. The second-order valence-electron chi connectivity index (χ2n) is 8.00. The molecule has 30 heavy (non-hydrogen) atoms. The zero-order valence-corrected chi connectivity index (χ0v) is 18.5. The average Bonchev–Trinajstić information content (AvgIpc) is 2.72. The summed E-state index contributed by atoms with van der Waals surface area (Å²) in [5, 5.41) is 9.29. The van der Waals surface area contributed by atoms with Gasteiger partial charge in [-0.05, 0) is 42.0 Å². The predicted octanol–water partition coefficient (Wildman–Crippen LogP) is 2.63. The molecule has 1 atom stereocenters. The number of hydroxylamine groups is 1. The number of carbonyl (C=O) groups excluding carboxylic acids is 1. The van der Waals surface area contributed by atoms with Crippen LogP contribution < -0.4 is 10.2 Å². The summed E-state index contributed by atoms with van der Waals surface area (Å²) in [6, 6.07) is 8.72. The number of carbonyl (C=O) groups is 1. The minimum absolute atomic E-state index is 0.0169. The summed E-state index contributed by atoms with van der Waals surface area (Å²) in [6.07, 6.45) is 4.46. The lowest BCUT2D eigenvalue weighted by molar-refractivity contribution is -0.136. The second kappa shape index (κ2) is 10.0. The van der Waals surface area contributed by atoms with E-state index in [1.807, 2.05) is 12.1 Å². The fourth-order valence-corrected chi connectivity index (χ4v) is 5.13. The predicted molar refractivity (Wildman–Crippen MR) is 113 cm³/mol. The van der Waals surface area contributed by atoms with E-state index in [0.717, 1.165) is 9.87 Å². The van der Waals surface area contributed by atoms with Gasteiger partial charge in [-0.3, -0.25) is 15.0 Å². The van der Waals surface area contributed by atoms with Crippen molar-refractivity contribution in [1.82, 2.24) is 14.8 Å². The molecule has 2 rings (SSSR count). The summed E-state index contributed by atoms with van der Waals surface area (Å²) in [6.45, 7) is 5.34. The Morgan fingerprint density at radius 1 is 1.27 bits per heavy atom. The minimum atomic E-state index is -4.06. The van der Waals surface area contributed by atoms with E-state index < -0.39 is 27.4 Å². The van der Waals surface area contributed by atoms with Gasteiger partial charge in [-0.15, -0.1) is 0 Å². The number of sulfonamides is 1. The van der Waals surface area contributed by atoms with Gasteiger partial charge in [0.25, 0.3) is 5.91 Å². The zero-order valence-electron chi connectivity index (χ0n) is 17.7. The van der Waals surface area contributed by atoms with Gasteiger partial charge in [0, 0.05) is 25.0 Å². The number of methoxy groups -OCH3 is 1. The van der Waals surface area contributed by atoms with Crippen molar-refractivity contribution in [2.45, 2.75) is 44.6 Å². The van der Waals surface area contributed by atoms with E-state index in [1.165, 1.54) is 19.2 Å². The van der Waals surface area contributed by atoms with Gasteiger partial charge >= 0.3 is 0 Å². The Balaban J connectivity index is 2.43. The summed E-state index contributed by atoms with van der Waals surface area (Å²) in [5.41, 5.74) is 1.82. The lowest BCUT2D eigenvalue weighted by Crippen LogP contribution is -2.55. The molecule has 2 aromatic rings. The number of rotatable bonds is 9. The van der Waals surface area contributed by atoms with Crippen LogP contribution in [0.5, 0.6) is 5.75 Å². The van der Waals surface area contributed by atoms with E-state index in [1.54, 1.807) is 50.8 Å². The first-order valence-corrected chi connectivity index (χ1v) is 11.0. The Hall–Kier alpha value is -2.49. The number of hydrogen-bond acceptors (Lipinski definition) is 6. The topological polar surface area (TPSA) is 109 Å². The molecule has 0 unspecified atom stereocenters. The molecule has 9 heteroatoms. The number of ether oxygens (including phenoxy) is 1. The first-order chi connectivity index (χ1) is 14.1. The van der Waals surface area contributed by atoms with E-state index in [0.29, 0.717) is 18.6 Å². The molecule has 0 aliphatic heterocycles. The maximum atomic E-state index is 13.5. The van der Waals surface area contributed by atoms with Gasteiger partial charge in [-0.25, -0.2) is 13.9 Å². The molecule has 1 aromatic carbocycles. The van der Waals surface area contributed by atoms with E-state index in [4.69, 9.17) is 4.74 Å². The van der Waals surface area contributed by atoms with Crippen LogP contribution in [0.25, 0.3) is 0 Å². The molecular formula is C21H29N3O5S. The number of aryl methyl sites for hydroxylation is 1. The van der Waals surface area contributed by atoms with Gasteiger partial charge in [-0.1, -0.05) is 32.9 Å². The van der Waals surface area contributed by atoms with Crippen LogP contribution in [0.3, 0.4) is 0 Å². The molecule has 1 heterocycles. The molecule has 0 aliphatic rings. The summed E-state index contributed by atoms with van der Waals surface area (Å²) in [5.74, 6) is -0.388. The molecule has 1 amide bonds. The lowest BCUT2D eigenvalue weighted by atomic mass is 9.86. The molecule has 164 valence electrons. The Morgan fingerprint density at radius 3 is 2.57 bits per heavy atom. The zero-order chi connectivity index (χ0) is 22.4. The van der Waals surface area contributed by atoms with Crippen molar-refractivity contribution >= 4 is 15.9 Å². The smallest absolute Gasteiger partial charge is 0.262 e. The summed E-state index contributed by atoms with van der Waals surface area (Å²) in [7, 11) is -2.61. The Morgan fingerprint density at radius 2 is 2.00 bits per heavy atom. The van der Waals surface area contributed by atoms with E-state index in [2.05, 4.69) is 4.98 Å². The van der Waals surface area contributed by atoms with E-state index in [-0.39, 0.29) is 11.4 Å². The first kappa shape index (κ1) is 23.8. The molecular weight excluding hydrogens is 406 g/mol. The third kappa shape index (κ3) is 5.78. The molecule has 2 N–H and O–H groups in total. The van der Waals surface area contributed by atoms with Gasteiger partial charge in [0.15, 0.2) is 0 Å². The molecule has 0 aliphatic carbocycles. The quantitative estimate of drug-likeness (QED) is 0.463. The van der Waals surface area contributed by atoms with Crippen molar-refractivity contribution in [1.29, 1.82) is 0 Å². The van der Waals surface area contributed by atoms with Crippen LogP contribution in [-0.4, -0.2) is 48.5 Å². The van der Waals surface area contributed by atoms with Crippen LogP contribution in [0.1, 0.15) is 32.8 Å². The summed E-state index contributed by atoms with van der Waals surface area (Å²) in [4.78, 5) is 16.6. The fraction of sp³-hybridized carbons (Fsp3) is 0.429. The number of nitrogens with one attached hydrogen (secondary N) is 1. The van der Waals surface area contributed by atoms with Crippen LogP contribution in [0, 0.1) is 5.41 Å². The van der Waals surface area contributed by atoms with Crippen LogP contribution in [-0.2, 0) is 21.2 Å². The van der Waals surface area contributed by atoms with E-state index >= 15 is 0 Å². The van der Waals surface area contributed by atoms with Crippen LogP contribution >= 0.6 is 0 Å². The number of pyridine rings is 1. The highest BCUT2D eigenvalue weighted by Gasteiger charge is 2.42. The number of hydrogen-bond donors (Lipinski definition) is 2. The van der Waals surface area contributed by atoms with E-state index in [9.17, 15) is 18.4 Å². The van der Waals surface area contributed by atoms with Crippen LogP contribution in [0.15, 0.2) is 53.7 Å². The van der Waals surface area contributed by atoms with Gasteiger partial charge in [0.1, 0.15) is 11.8 Å². The Kier molecular flexibility index (Phi) is 7.94. The maximum absolute atomic E-state index is 13.5. The molecule has 0 saturated heterocycles. The number of benzene rings is 1. The highest BCUT2D eigenvalue weighted by atomic mass is 32.2. The lowest BCUT2D eigenvalue weighted by Gasteiger charge is -2.37. The number of nitrogens with zero attached hydrogens (tertiary/aromatic N) is 2. The van der Waals surface area contributed by atoms with Crippen molar-refractivity contribution in [3.8, 4) is 5.75 Å². The molecule has 0 spiro atoms. The van der Waals surface area contributed by atoms with Gasteiger partial charge in [0.05, 0.1) is 12.0 Å². The third-order valence-electron chi connectivity index (χ3n) is 4.68. The highest BCUT2D eigenvalue weighted by Crippen LogP contribution is 2.31. The number of amides is 1. The largest absolute Gasteiger partial charge is 0.497 e. The minimum Gasteiger partial charge on any atom is -0.497 e. The standard InChI is InChI=1S/C21H29N3O5S/c1-21(2,3)19(20(25)23-26)24(13-7-9-16-8-6-12-22-15-16)30(27,28)18-11-5-10-17(14-18)29-4/h5-6,8,10-12,14-15,19,26H,7,9,13H2,1-4H3,(H,23,25)/t19-/m0/s1. The summed E-state index contributed by atoms with van der Waals surface area (Å²) >= 11 is 0. The molecule has 8 nitrogen and oxygen atoms in total. The highest BCUT2D eigenvalue weighted by molar-refractivity contribution is 7.89. The molecule has 0 bridgehead atoms. The molecule has 0 fully saturated rings. The van der Waals surface area contributed by atoms with Gasteiger partial charge in [0.2, 0.25) is 10.0 Å². The first-order valence-electron chi connectivity index (χ1n) is 9.60.